The second kappa shape index (κ2) is 6.05. The molecular weight excluding hydrogens is 270 g/mol. The maximum Gasteiger partial charge on any atom is 0.231 e. The van der Waals surface area contributed by atoms with Gasteiger partial charge in [0.2, 0.25) is 12.5 Å². The van der Waals surface area contributed by atoms with E-state index in [9.17, 15) is 0 Å². The molecule has 0 saturated heterocycles. The summed E-state index contributed by atoms with van der Waals surface area (Å²) in [6.45, 7) is 4.01. The number of hydrogen-bond acceptors (Lipinski definition) is 5. The number of nitrogens with zero attached hydrogens (tertiary/aromatic N) is 2. The summed E-state index contributed by atoms with van der Waals surface area (Å²) in [6, 6.07) is 4.29. The maximum atomic E-state index is 5.43. The SMILES string of the molecule is COc1cc(CNC(C)Cn2ccnc2)cc2c1OCO2. The first kappa shape index (κ1) is 13.8. The lowest BCUT2D eigenvalue weighted by Gasteiger charge is -2.15. The van der Waals surface area contributed by atoms with Gasteiger partial charge < -0.3 is 24.1 Å². The average molecular weight is 289 g/mol. The van der Waals surface area contributed by atoms with Gasteiger partial charge in [-0.15, -0.1) is 0 Å². The summed E-state index contributed by atoms with van der Waals surface area (Å²) in [6.07, 6.45) is 5.57. The molecule has 1 unspecified atom stereocenters. The van der Waals surface area contributed by atoms with Gasteiger partial charge >= 0.3 is 0 Å². The minimum Gasteiger partial charge on any atom is -0.493 e. The van der Waals surface area contributed by atoms with Crippen molar-refractivity contribution < 1.29 is 14.2 Å². The first-order valence-corrected chi connectivity index (χ1v) is 6.92. The van der Waals surface area contributed by atoms with Crippen LogP contribution in [0.2, 0.25) is 0 Å². The van der Waals surface area contributed by atoms with Crippen LogP contribution in [-0.2, 0) is 13.1 Å². The molecule has 1 aliphatic rings. The van der Waals surface area contributed by atoms with Crippen LogP contribution in [0, 0.1) is 0 Å². The molecule has 1 aromatic carbocycles. The number of aromatic nitrogens is 2. The highest BCUT2D eigenvalue weighted by Crippen LogP contribution is 2.41. The number of rotatable bonds is 6. The van der Waals surface area contributed by atoms with Crippen LogP contribution < -0.4 is 19.5 Å². The molecule has 3 rings (SSSR count). The van der Waals surface area contributed by atoms with Crippen LogP contribution in [0.3, 0.4) is 0 Å². The Hall–Kier alpha value is -2.21. The predicted octanol–water partition coefficient (Wildman–Crippen LogP) is 1.80. The highest BCUT2D eigenvalue weighted by atomic mass is 16.7. The molecule has 0 fully saturated rings. The van der Waals surface area contributed by atoms with Gasteiger partial charge in [-0.1, -0.05) is 0 Å². The monoisotopic (exact) mass is 289 g/mol. The number of benzene rings is 1. The van der Waals surface area contributed by atoms with Gasteiger partial charge in [-0.05, 0) is 24.6 Å². The second-order valence-electron chi connectivity index (χ2n) is 5.07. The fourth-order valence-electron chi connectivity index (χ4n) is 2.35. The largest absolute Gasteiger partial charge is 0.493 e. The number of nitrogens with one attached hydrogen (secondary N) is 1. The van der Waals surface area contributed by atoms with Crippen molar-refractivity contribution in [2.24, 2.45) is 0 Å². The summed E-state index contributed by atoms with van der Waals surface area (Å²) >= 11 is 0. The standard InChI is InChI=1S/C15H19N3O3/c1-11(8-18-4-3-16-9-18)17-7-12-5-13(19-2)15-14(6-12)20-10-21-15/h3-6,9,11,17H,7-8,10H2,1-2H3. The molecule has 0 spiro atoms. The summed E-state index contributed by atoms with van der Waals surface area (Å²) < 4.78 is 18.2. The molecule has 2 heterocycles. The maximum absolute atomic E-state index is 5.43. The zero-order valence-electron chi connectivity index (χ0n) is 12.2. The molecule has 21 heavy (non-hydrogen) atoms. The number of ether oxygens (including phenoxy) is 3. The third kappa shape index (κ3) is 3.11. The summed E-state index contributed by atoms with van der Waals surface area (Å²) in [7, 11) is 1.64. The molecule has 0 amide bonds. The first-order valence-electron chi connectivity index (χ1n) is 6.92. The topological polar surface area (TPSA) is 57.5 Å². The summed E-state index contributed by atoms with van der Waals surface area (Å²) in [5.74, 6) is 2.14. The Morgan fingerprint density at radius 3 is 3.10 bits per heavy atom. The van der Waals surface area contributed by atoms with Gasteiger partial charge in [0.25, 0.3) is 0 Å². The Morgan fingerprint density at radius 2 is 2.33 bits per heavy atom. The first-order chi connectivity index (χ1) is 10.3. The van der Waals surface area contributed by atoms with Gasteiger partial charge in [0, 0.05) is 31.5 Å². The van der Waals surface area contributed by atoms with Crippen molar-refractivity contribution in [2.45, 2.75) is 26.1 Å². The van der Waals surface area contributed by atoms with Gasteiger partial charge in [0.05, 0.1) is 13.4 Å². The molecule has 1 N–H and O–H groups in total. The highest BCUT2D eigenvalue weighted by Gasteiger charge is 2.20. The van der Waals surface area contributed by atoms with Gasteiger partial charge in [-0.2, -0.15) is 0 Å². The molecular formula is C15H19N3O3. The molecule has 0 bridgehead atoms. The second-order valence-corrected chi connectivity index (χ2v) is 5.07. The molecule has 112 valence electrons. The van der Waals surface area contributed by atoms with E-state index in [0.717, 1.165) is 24.4 Å². The number of hydrogen-bond donors (Lipinski definition) is 1. The normalized spacial score (nSPS) is 14.2. The van der Waals surface area contributed by atoms with Crippen LogP contribution in [0.1, 0.15) is 12.5 Å². The van der Waals surface area contributed by atoms with Crippen molar-refractivity contribution in [2.75, 3.05) is 13.9 Å². The van der Waals surface area contributed by atoms with Gasteiger partial charge in [-0.3, -0.25) is 0 Å². The van der Waals surface area contributed by atoms with E-state index in [-0.39, 0.29) is 6.79 Å². The van der Waals surface area contributed by atoms with Gasteiger partial charge in [0.15, 0.2) is 11.5 Å². The highest BCUT2D eigenvalue weighted by molar-refractivity contribution is 5.55. The van der Waals surface area contributed by atoms with E-state index in [0.29, 0.717) is 17.5 Å². The lowest BCUT2D eigenvalue weighted by molar-refractivity contribution is 0.171. The van der Waals surface area contributed by atoms with E-state index in [1.807, 2.05) is 24.7 Å². The molecule has 2 aromatic rings. The molecule has 1 aliphatic heterocycles. The van der Waals surface area contributed by atoms with E-state index >= 15 is 0 Å². The minimum absolute atomic E-state index is 0.250. The summed E-state index contributed by atoms with van der Waals surface area (Å²) in [5, 5.41) is 3.48. The zero-order chi connectivity index (χ0) is 14.7. The quantitative estimate of drug-likeness (QED) is 0.878. The Bertz CT molecular complexity index is 598. The molecule has 0 saturated carbocycles. The lowest BCUT2D eigenvalue weighted by atomic mass is 10.1. The van der Waals surface area contributed by atoms with Crippen LogP contribution in [-0.4, -0.2) is 29.5 Å². The van der Waals surface area contributed by atoms with E-state index in [2.05, 4.69) is 21.8 Å². The molecule has 6 heteroatoms. The fraction of sp³-hybridized carbons (Fsp3) is 0.400. The van der Waals surface area contributed by atoms with Crippen molar-refractivity contribution in [3.05, 3.63) is 36.4 Å². The fourth-order valence-corrected chi connectivity index (χ4v) is 2.35. The smallest absolute Gasteiger partial charge is 0.231 e. The zero-order valence-corrected chi connectivity index (χ0v) is 12.2. The van der Waals surface area contributed by atoms with Crippen LogP contribution in [0.25, 0.3) is 0 Å². The van der Waals surface area contributed by atoms with Crippen molar-refractivity contribution in [3.8, 4) is 17.2 Å². The van der Waals surface area contributed by atoms with E-state index < -0.39 is 0 Å². The van der Waals surface area contributed by atoms with E-state index in [1.54, 1.807) is 13.3 Å². The van der Waals surface area contributed by atoms with Gasteiger partial charge in [0.1, 0.15) is 0 Å². The van der Waals surface area contributed by atoms with Crippen LogP contribution >= 0.6 is 0 Å². The van der Waals surface area contributed by atoms with Gasteiger partial charge in [-0.25, -0.2) is 4.98 Å². The summed E-state index contributed by atoms with van der Waals surface area (Å²) in [4.78, 5) is 4.04. The van der Waals surface area contributed by atoms with E-state index in [1.165, 1.54) is 0 Å². The molecule has 0 radical (unpaired) electrons. The van der Waals surface area contributed by atoms with Crippen molar-refractivity contribution in [1.82, 2.24) is 14.9 Å². The number of fused-ring (bicyclic) bond motifs is 1. The van der Waals surface area contributed by atoms with E-state index in [4.69, 9.17) is 14.2 Å². The summed E-state index contributed by atoms with van der Waals surface area (Å²) in [5.41, 5.74) is 1.11. The average Bonchev–Trinajstić information content (AvgIpc) is 3.15. The number of imidazole rings is 1. The molecule has 1 aromatic heterocycles. The predicted molar refractivity (Wildman–Crippen MR) is 77.6 cm³/mol. The third-order valence-electron chi connectivity index (χ3n) is 3.42. The Kier molecular flexibility index (Phi) is 3.96. The van der Waals surface area contributed by atoms with Crippen LogP contribution in [0.5, 0.6) is 17.2 Å². The van der Waals surface area contributed by atoms with Crippen molar-refractivity contribution in [3.63, 3.8) is 0 Å². The number of methoxy groups -OCH3 is 1. The Morgan fingerprint density at radius 1 is 1.43 bits per heavy atom. The molecule has 0 aliphatic carbocycles. The van der Waals surface area contributed by atoms with Crippen LogP contribution in [0.15, 0.2) is 30.9 Å². The lowest BCUT2D eigenvalue weighted by Crippen LogP contribution is -2.29. The Labute approximate surface area is 123 Å². The van der Waals surface area contributed by atoms with Crippen LogP contribution in [0.4, 0.5) is 0 Å². The van der Waals surface area contributed by atoms with Crippen molar-refractivity contribution in [1.29, 1.82) is 0 Å². The molecule has 6 nitrogen and oxygen atoms in total. The third-order valence-corrected chi connectivity index (χ3v) is 3.42. The Balaban J connectivity index is 1.62. The van der Waals surface area contributed by atoms with Crippen molar-refractivity contribution >= 4 is 0 Å². The minimum atomic E-state index is 0.250. The molecule has 1 atom stereocenters.